The first-order valence-corrected chi connectivity index (χ1v) is 2.90. The monoisotopic (exact) mass is 133 g/mol. The third-order valence-corrected chi connectivity index (χ3v) is 0.828. The van der Waals surface area contributed by atoms with E-state index in [1.807, 2.05) is 0 Å². The lowest BCUT2D eigenvalue weighted by molar-refractivity contribution is 1.04. The van der Waals surface area contributed by atoms with E-state index in [4.69, 9.17) is 0 Å². The maximum absolute atomic E-state index is 3.89. The van der Waals surface area contributed by atoms with E-state index >= 15 is 0 Å². The molecule has 0 saturated carbocycles. The smallest absolute Gasteiger partial charge is 0.0510 e. The Hall–Kier alpha value is -1.51. The van der Waals surface area contributed by atoms with Crippen molar-refractivity contribution in [2.45, 2.75) is 0 Å². The fraction of sp³-hybridized carbons (Fsp3) is 0. The standard InChI is InChI=1S/C7H7N3/c1-2-6-9-10-7-3-5-8-4-1/h1-7H. The highest BCUT2D eigenvalue weighted by molar-refractivity contribution is 4.80. The van der Waals surface area contributed by atoms with Crippen LogP contribution in [0, 0.1) is 0 Å². The summed E-state index contributed by atoms with van der Waals surface area (Å²) in [6, 6.07) is 5.27. The minimum absolute atomic E-state index is 1.58. The summed E-state index contributed by atoms with van der Waals surface area (Å²) in [7, 11) is 0. The van der Waals surface area contributed by atoms with Gasteiger partial charge in [-0.15, -0.1) is 0 Å². The van der Waals surface area contributed by atoms with Crippen LogP contribution in [0.4, 0.5) is 0 Å². The van der Waals surface area contributed by atoms with Crippen molar-refractivity contribution in [1.29, 1.82) is 0 Å². The predicted molar refractivity (Wildman–Crippen MR) is 37.5 cm³/mol. The van der Waals surface area contributed by atoms with E-state index < -0.39 is 0 Å². The molecule has 3 heteroatoms. The molecule has 0 fully saturated rings. The van der Waals surface area contributed by atoms with Gasteiger partial charge in [-0.1, -0.05) is 0 Å². The van der Waals surface area contributed by atoms with E-state index in [9.17, 15) is 0 Å². The maximum Gasteiger partial charge on any atom is 0.0510 e. The van der Waals surface area contributed by atoms with Crippen LogP contribution < -0.4 is 0 Å². The van der Waals surface area contributed by atoms with Crippen LogP contribution in [0.2, 0.25) is 0 Å². The average Bonchev–Trinajstić information content (AvgIpc) is 2.01. The van der Waals surface area contributed by atoms with Gasteiger partial charge in [0.25, 0.3) is 0 Å². The minimum atomic E-state index is 1.58. The summed E-state index contributed by atoms with van der Waals surface area (Å²) >= 11 is 0. The van der Waals surface area contributed by atoms with Crippen LogP contribution >= 0.6 is 0 Å². The van der Waals surface area contributed by atoms with Crippen LogP contribution in [0.5, 0.6) is 0 Å². The van der Waals surface area contributed by atoms with Gasteiger partial charge in [-0.3, -0.25) is 4.98 Å². The highest BCUT2D eigenvalue weighted by Gasteiger charge is 1.59. The zero-order valence-electron chi connectivity index (χ0n) is 5.38. The van der Waals surface area contributed by atoms with E-state index in [1.165, 1.54) is 0 Å². The first-order valence-electron chi connectivity index (χ1n) is 2.90. The van der Waals surface area contributed by atoms with Gasteiger partial charge in [0.1, 0.15) is 0 Å². The van der Waals surface area contributed by atoms with Crippen LogP contribution in [0.1, 0.15) is 0 Å². The van der Waals surface area contributed by atoms with Crippen molar-refractivity contribution in [3.05, 3.63) is 43.0 Å². The molecule has 0 bridgehead atoms. The normalized spacial score (nSPS) is 8.00. The lowest BCUT2D eigenvalue weighted by Gasteiger charge is -1.69. The molecule has 0 aliphatic heterocycles. The molecule has 1 aromatic rings. The van der Waals surface area contributed by atoms with Gasteiger partial charge in [0, 0.05) is 18.6 Å². The van der Waals surface area contributed by atoms with Gasteiger partial charge in [-0.25, -0.2) is 0 Å². The largest absolute Gasteiger partial charge is 0.265 e. The molecule has 1 aromatic heterocycles. The molecule has 0 aliphatic rings. The fourth-order valence-electron chi connectivity index (χ4n) is 0.441. The number of rotatable bonds is 0. The Labute approximate surface area is 59.1 Å². The highest BCUT2D eigenvalue weighted by Crippen LogP contribution is 1.69. The van der Waals surface area contributed by atoms with Gasteiger partial charge >= 0.3 is 0 Å². The summed E-state index contributed by atoms with van der Waals surface area (Å²) in [5, 5.41) is 7.34. The minimum Gasteiger partial charge on any atom is -0.265 e. The number of hydrogen-bond acceptors (Lipinski definition) is 3. The molecule has 0 N–H and O–H groups in total. The summed E-state index contributed by atoms with van der Waals surface area (Å²) in [4.78, 5) is 3.89. The molecular weight excluding hydrogens is 126 g/mol. The van der Waals surface area contributed by atoms with Gasteiger partial charge in [-0.2, -0.15) is 10.2 Å². The quantitative estimate of drug-likeness (QED) is 0.529. The predicted octanol–water partition coefficient (Wildman–Crippen LogP) is 0.996. The summed E-state index contributed by atoms with van der Waals surface area (Å²) in [6.45, 7) is 0. The second-order valence-electron chi connectivity index (χ2n) is 1.55. The molecule has 0 saturated heterocycles. The molecule has 0 spiro atoms. The van der Waals surface area contributed by atoms with E-state index in [0.717, 1.165) is 0 Å². The van der Waals surface area contributed by atoms with Gasteiger partial charge in [-0.05, 0) is 18.2 Å². The third kappa shape index (κ3) is 2.71. The summed E-state index contributed by atoms with van der Waals surface area (Å²) in [5.41, 5.74) is 0. The van der Waals surface area contributed by atoms with Gasteiger partial charge in [0.15, 0.2) is 0 Å². The van der Waals surface area contributed by atoms with Gasteiger partial charge in [0.05, 0.1) is 6.20 Å². The van der Waals surface area contributed by atoms with Crippen molar-refractivity contribution in [3.63, 3.8) is 0 Å². The molecule has 0 atom stereocenters. The molecule has 50 valence electrons. The first-order chi connectivity index (χ1) is 5.00. The molecule has 0 aromatic carbocycles. The lowest BCUT2D eigenvalue weighted by atomic mass is 10.6. The zero-order chi connectivity index (χ0) is 7.07. The van der Waals surface area contributed by atoms with Gasteiger partial charge < -0.3 is 0 Å². The van der Waals surface area contributed by atoms with Crippen LogP contribution in [0.3, 0.4) is 0 Å². The van der Waals surface area contributed by atoms with Crippen LogP contribution in [-0.4, -0.2) is 15.2 Å². The summed E-state index contributed by atoms with van der Waals surface area (Å²) in [6.07, 6.45) is 6.50. The molecule has 1 heterocycles. The fourth-order valence-corrected chi connectivity index (χ4v) is 0.441. The molecule has 0 unspecified atom stereocenters. The Bertz CT molecular complexity index is 148. The Balaban J connectivity index is 3.00. The van der Waals surface area contributed by atoms with Gasteiger partial charge in [0.2, 0.25) is 0 Å². The Kier molecular flexibility index (Phi) is 2.89. The van der Waals surface area contributed by atoms with Crippen molar-refractivity contribution in [2.75, 3.05) is 0 Å². The molecule has 10 heavy (non-hydrogen) atoms. The average molecular weight is 133 g/mol. The first kappa shape index (κ1) is 6.61. The molecule has 0 radical (unpaired) electrons. The lowest BCUT2D eigenvalue weighted by Crippen LogP contribution is -1.68. The molecular formula is C7H7N3. The van der Waals surface area contributed by atoms with Crippen molar-refractivity contribution in [1.82, 2.24) is 15.2 Å². The van der Waals surface area contributed by atoms with Crippen LogP contribution in [0.15, 0.2) is 43.0 Å². The third-order valence-electron chi connectivity index (χ3n) is 0.828. The van der Waals surface area contributed by atoms with Crippen LogP contribution in [0.25, 0.3) is 0 Å². The topological polar surface area (TPSA) is 38.7 Å². The van der Waals surface area contributed by atoms with Crippen molar-refractivity contribution in [2.24, 2.45) is 0 Å². The second-order valence-corrected chi connectivity index (χ2v) is 1.55. The van der Waals surface area contributed by atoms with E-state index in [2.05, 4.69) is 15.2 Å². The van der Waals surface area contributed by atoms with E-state index in [0.29, 0.717) is 0 Å². The molecule has 0 aliphatic carbocycles. The number of aromatic nitrogens is 3. The maximum atomic E-state index is 3.89. The van der Waals surface area contributed by atoms with E-state index in [1.54, 1.807) is 43.0 Å². The summed E-state index contributed by atoms with van der Waals surface area (Å²) < 4.78 is 0. The SMILES string of the molecule is c1ccnncccnc1. The number of nitrogens with zero attached hydrogens (tertiary/aromatic N) is 3. The highest BCUT2D eigenvalue weighted by atomic mass is 15.1. The second kappa shape index (κ2) is 4.38. The van der Waals surface area contributed by atoms with Crippen LogP contribution in [-0.2, 0) is 0 Å². The zero-order valence-corrected chi connectivity index (χ0v) is 5.38. The van der Waals surface area contributed by atoms with Crippen molar-refractivity contribution >= 4 is 0 Å². The van der Waals surface area contributed by atoms with Crippen molar-refractivity contribution in [3.8, 4) is 0 Å². The summed E-state index contributed by atoms with van der Waals surface area (Å²) in [5.74, 6) is 0. The Morgan fingerprint density at radius 3 is 2.10 bits per heavy atom. The molecule has 3 nitrogen and oxygen atoms in total. The van der Waals surface area contributed by atoms with E-state index in [-0.39, 0.29) is 0 Å². The molecule has 1 rings (SSSR count). The Morgan fingerprint density at radius 2 is 1.20 bits per heavy atom. The van der Waals surface area contributed by atoms with Crippen molar-refractivity contribution < 1.29 is 0 Å². The number of hydrogen-bond donors (Lipinski definition) is 0. The Morgan fingerprint density at radius 1 is 0.600 bits per heavy atom. The molecule has 0 amide bonds.